The molecule has 34 heavy (non-hydrogen) atoms. The van der Waals surface area contributed by atoms with Crippen LogP contribution in [0.3, 0.4) is 0 Å². The van der Waals surface area contributed by atoms with Crippen molar-refractivity contribution < 1.29 is 14.7 Å². The zero-order valence-corrected chi connectivity index (χ0v) is 21.6. The molecule has 182 valence electrons. The van der Waals surface area contributed by atoms with Gasteiger partial charge >= 0.3 is 5.97 Å². The van der Waals surface area contributed by atoms with Crippen LogP contribution in [-0.4, -0.2) is 50.4 Å². The lowest BCUT2D eigenvalue weighted by Gasteiger charge is -2.39. The van der Waals surface area contributed by atoms with Crippen LogP contribution in [0.4, 0.5) is 5.82 Å². The second-order valence-corrected chi connectivity index (χ2v) is 10.8. The number of nitriles is 1. The molecule has 2 saturated heterocycles. The molecule has 2 aliphatic heterocycles. The van der Waals surface area contributed by atoms with E-state index in [1.54, 1.807) is 17.6 Å². The van der Waals surface area contributed by atoms with Gasteiger partial charge in [0.25, 0.3) is 11.5 Å². The van der Waals surface area contributed by atoms with Gasteiger partial charge in [-0.05, 0) is 43.2 Å². The summed E-state index contributed by atoms with van der Waals surface area (Å²) in [6, 6.07) is 2.06. The Morgan fingerprint density at radius 1 is 1.29 bits per heavy atom. The van der Waals surface area contributed by atoms with E-state index >= 15 is 0 Å². The van der Waals surface area contributed by atoms with Crippen molar-refractivity contribution in [3.63, 3.8) is 0 Å². The maximum absolute atomic E-state index is 13.4. The van der Waals surface area contributed by atoms with Gasteiger partial charge in [0.05, 0.1) is 4.91 Å². The van der Waals surface area contributed by atoms with Gasteiger partial charge in [-0.15, -0.1) is 0 Å². The number of hydrogen-bond acceptors (Lipinski definition) is 7. The lowest BCUT2D eigenvalue weighted by Crippen LogP contribution is -2.43. The summed E-state index contributed by atoms with van der Waals surface area (Å²) >= 11 is 6.29. The maximum atomic E-state index is 13.4. The van der Waals surface area contributed by atoms with Gasteiger partial charge in [-0.2, -0.15) is 5.26 Å². The van der Waals surface area contributed by atoms with Crippen molar-refractivity contribution in [1.82, 2.24) is 9.47 Å². The quantitative estimate of drug-likeness (QED) is 0.445. The number of aromatic nitrogens is 1. The van der Waals surface area contributed by atoms with E-state index in [0.717, 1.165) is 54.8 Å². The van der Waals surface area contributed by atoms with Gasteiger partial charge in [0.15, 0.2) is 0 Å². The predicted octanol–water partition coefficient (Wildman–Crippen LogP) is 3.60. The zero-order valence-electron chi connectivity index (χ0n) is 20.0. The van der Waals surface area contributed by atoms with Crippen LogP contribution in [-0.2, 0) is 16.1 Å². The summed E-state index contributed by atoms with van der Waals surface area (Å²) in [5.74, 6) is -0.0532. The number of carbonyl (C=O) groups is 2. The molecule has 1 amide bonds. The Labute approximate surface area is 209 Å². The molecule has 1 aromatic heterocycles. The molecule has 8 nitrogen and oxygen atoms in total. The number of anilines is 1. The van der Waals surface area contributed by atoms with Crippen LogP contribution in [0.5, 0.6) is 0 Å². The summed E-state index contributed by atoms with van der Waals surface area (Å²) in [7, 11) is 0. The van der Waals surface area contributed by atoms with Crippen LogP contribution < -0.4 is 10.5 Å². The number of piperidine rings is 1. The van der Waals surface area contributed by atoms with Crippen LogP contribution in [0.1, 0.15) is 56.7 Å². The number of amides is 1. The number of carbonyl (C=O) groups excluding carboxylic acids is 1. The first kappa shape index (κ1) is 26.0. The number of thioether (sulfide) groups is 1. The molecule has 2 fully saturated rings. The van der Waals surface area contributed by atoms with Crippen molar-refractivity contribution >= 4 is 52.1 Å². The van der Waals surface area contributed by atoms with Gasteiger partial charge in [0, 0.05) is 25.2 Å². The van der Waals surface area contributed by atoms with Crippen LogP contribution in [0.25, 0.3) is 6.08 Å². The molecule has 0 aromatic carbocycles. The molecule has 3 heterocycles. The standard InChI is InChI=1S/C24H30N4O4S2/c1-5-6-7-27-21(26-11-14(2)8-15(3)12-26)17(16(4)18(10-25)22(27)31)9-19-23(32)28(13-20(29)30)24(33)34-19/h9,14-15H,5-8,11-13H2,1-4H3,(H,29,30)/b19-9-. The average Bonchev–Trinajstić information content (AvgIpc) is 3.01. The number of unbranched alkanes of at least 4 members (excludes halogenated alkanes) is 1. The number of rotatable bonds is 7. The largest absolute Gasteiger partial charge is 0.480 e. The molecule has 0 radical (unpaired) electrons. The molecule has 3 rings (SSSR count). The van der Waals surface area contributed by atoms with Crippen molar-refractivity contribution in [2.45, 2.75) is 53.5 Å². The molecule has 2 unspecified atom stereocenters. The van der Waals surface area contributed by atoms with E-state index in [1.165, 1.54) is 0 Å². The second-order valence-electron chi connectivity index (χ2n) is 9.17. The second kappa shape index (κ2) is 10.7. The third kappa shape index (κ3) is 5.20. The van der Waals surface area contributed by atoms with Crippen molar-refractivity contribution in [2.75, 3.05) is 24.5 Å². The van der Waals surface area contributed by atoms with Crippen molar-refractivity contribution in [1.29, 1.82) is 5.26 Å². The van der Waals surface area contributed by atoms with Crippen molar-refractivity contribution in [2.24, 2.45) is 11.8 Å². The van der Waals surface area contributed by atoms with Gasteiger partial charge in [0.1, 0.15) is 28.3 Å². The number of thiocarbonyl (C=S) groups is 1. The van der Waals surface area contributed by atoms with Crippen LogP contribution >= 0.6 is 24.0 Å². The lowest BCUT2D eigenvalue weighted by atomic mass is 9.91. The molecule has 0 bridgehead atoms. The van der Waals surface area contributed by atoms with Gasteiger partial charge in [0.2, 0.25) is 0 Å². The first-order valence-electron chi connectivity index (χ1n) is 11.5. The topological polar surface area (TPSA) is 107 Å². The fraction of sp³-hybridized carbons (Fsp3) is 0.542. The smallest absolute Gasteiger partial charge is 0.323 e. The minimum atomic E-state index is -1.15. The highest BCUT2D eigenvalue weighted by Gasteiger charge is 2.35. The summed E-state index contributed by atoms with van der Waals surface area (Å²) in [4.78, 5) is 41.1. The molecule has 2 aliphatic rings. The SMILES string of the molecule is CCCCn1c(N2CC(C)CC(C)C2)c(/C=C2\SC(=S)N(CC(=O)O)C2=O)c(C)c(C#N)c1=O. The van der Waals surface area contributed by atoms with E-state index in [9.17, 15) is 19.6 Å². The first-order chi connectivity index (χ1) is 16.1. The summed E-state index contributed by atoms with van der Waals surface area (Å²) in [6.07, 6.45) is 4.43. The molecule has 1 aromatic rings. The maximum Gasteiger partial charge on any atom is 0.323 e. The van der Waals surface area contributed by atoms with E-state index in [0.29, 0.717) is 34.4 Å². The monoisotopic (exact) mass is 502 g/mol. The van der Waals surface area contributed by atoms with Gasteiger partial charge in [-0.1, -0.05) is 51.2 Å². The lowest BCUT2D eigenvalue weighted by molar-refractivity contribution is -0.140. The van der Waals surface area contributed by atoms with E-state index in [2.05, 4.69) is 24.8 Å². The number of hydrogen-bond donors (Lipinski definition) is 1. The Balaban J connectivity index is 2.25. The number of carboxylic acids is 1. The Hall–Kier alpha value is -2.64. The summed E-state index contributed by atoms with van der Waals surface area (Å²) in [5.41, 5.74) is 0.907. The molecular weight excluding hydrogens is 472 g/mol. The molecule has 0 spiro atoms. The molecule has 1 N–H and O–H groups in total. The van der Waals surface area contributed by atoms with Crippen LogP contribution in [0.2, 0.25) is 0 Å². The third-order valence-electron chi connectivity index (χ3n) is 6.19. The van der Waals surface area contributed by atoms with Crippen molar-refractivity contribution in [3.8, 4) is 6.07 Å². The average molecular weight is 503 g/mol. The minimum absolute atomic E-state index is 0.0604. The van der Waals surface area contributed by atoms with Gasteiger partial charge < -0.3 is 10.0 Å². The molecular formula is C24H30N4O4S2. The molecule has 0 aliphatic carbocycles. The summed E-state index contributed by atoms with van der Waals surface area (Å²) in [6.45, 7) is 9.64. The highest BCUT2D eigenvalue weighted by atomic mass is 32.2. The normalized spacial score (nSPS) is 21.9. The number of carboxylic acid groups (broad SMARTS) is 1. The highest BCUT2D eigenvalue weighted by molar-refractivity contribution is 8.26. The Morgan fingerprint density at radius 2 is 1.94 bits per heavy atom. The van der Waals surface area contributed by atoms with Crippen LogP contribution in [0, 0.1) is 30.1 Å². The molecule has 2 atom stereocenters. The third-order valence-corrected chi connectivity index (χ3v) is 7.57. The zero-order chi connectivity index (χ0) is 25.2. The first-order valence-corrected chi connectivity index (χ1v) is 12.7. The Kier molecular flexibility index (Phi) is 8.21. The van der Waals surface area contributed by atoms with Crippen LogP contribution in [0.15, 0.2) is 9.70 Å². The Bertz CT molecular complexity index is 1140. The fourth-order valence-corrected chi connectivity index (χ4v) is 5.98. The minimum Gasteiger partial charge on any atom is -0.480 e. The fourth-order valence-electron chi connectivity index (χ4n) is 4.75. The van der Waals surface area contributed by atoms with E-state index in [4.69, 9.17) is 17.3 Å². The summed E-state index contributed by atoms with van der Waals surface area (Å²) in [5, 5.41) is 18.9. The predicted molar refractivity (Wildman–Crippen MR) is 138 cm³/mol. The number of aliphatic carboxylic acids is 1. The van der Waals surface area contributed by atoms with E-state index in [-0.39, 0.29) is 15.4 Å². The molecule has 10 heteroatoms. The van der Waals surface area contributed by atoms with E-state index in [1.807, 2.05) is 6.92 Å². The summed E-state index contributed by atoms with van der Waals surface area (Å²) < 4.78 is 1.86. The Morgan fingerprint density at radius 3 is 2.50 bits per heavy atom. The van der Waals surface area contributed by atoms with Crippen molar-refractivity contribution in [3.05, 3.63) is 31.9 Å². The number of pyridine rings is 1. The highest BCUT2D eigenvalue weighted by Crippen LogP contribution is 2.37. The molecule has 0 saturated carbocycles. The van der Waals surface area contributed by atoms with Gasteiger partial charge in [-0.3, -0.25) is 23.9 Å². The van der Waals surface area contributed by atoms with Gasteiger partial charge in [-0.25, -0.2) is 0 Å². The number of nitrogens with zero attached hydrogens (tertiary/aromatic N) is 4. The van der Waals surface area contributed by atoms with E-state index < -0.39 is 18.4 Å².